The maximum Gasteiger partial charge on any atom is 0.416 e. The van der Waals surface area contributed by atoms with E-state index in [0.717, 1.165) is 55.3 Å². The van der Waals surface area contributed by atoms with E-state index in [1.165, 1.54) is 0 Å². The summed E-state index contributed by atoms with van der Waals surface area (Å²) >= 11 is 0. The van der Waals surface area contributed by atoms with Crippen molar-refractivity contribution in [1.29, 1.82) is 0 Å². The Hall–Kier alpha value is -3.45. The first-order valence-electron chi connectivity index (χ1n) is 14.2. The van der Waals surface area contributed by atoms with Crippen LogP contribution in [0.5, 0.6) is 5.75 Å². The van der Waals surface area contributed by atoms with Gasteiger partial charge in [0, 0.05) is 38.1 Å². The summed E-state index contributed by atoms with van der Waals surface area (Å²) in [6, 6.07) is 16.4. The molecule has 5 rings (SSSR count). The smallest absolute Gasteiger partial charge is 0.416 e. The Bertz CT molecular complexity index is 1510. The summed E-state index contributed by atoms with van der Waals surface area (Å²) < 4.78 is 80.0. The monoisotopic (exact) mass is 617 g/mol. The summed E-state index contributed by atoms with van der Waals surface area (Å²) in [5.74, 6) is 0.263. The van der Waals surface area contributed by atoms with Gasteiger partial charge in [-0.2, -0.15) is 13.2 Å². The van der Waals surface area contributed by atoms with Crippen LogP contribution in [0.1, 0.15) is 60.0 Å². The van der Waals surface area contributed by atoms with Gasteiger partial charge >= 0.3 is 6.18 Å². The van der Waals surface area contributed by atoms with Gasteiger partial charge in [0.1, 0.15) is 5.75 Å². The number of rotatable bonds is 11. The van der Waals surface area contributed by atoms with Gasteiger partial charge in [0.2, 0.25) is 15.9 Å². The highest BCUT2D eigenvalue weighted by Crippen LogP contribution is 2.34. The van der Waals surface area contributed by atoms with Gasteiger partial charge < -0.3 is 20.1 Å². The molecule has 2 heterocycles. The minimum atomic E-state index is -4.70. The number of fused-ring (bicyclic) bond motifs is 1. The SMILES string of the molecule is O=C(C[C@@H](NS(=O)(=O)c1cccc(C(F)(F)F)c1)c1ccccc1)N[C@@H]1CCOc2cc(CNC[C@@H]3CCCO3)ccc21. The number of carbonyl (C=O) groups is 1. The number of halogens is 3. The molecule has 1 amide bonds. The van der Waals surface area contributed by atoms with Crippen LogP contribution in [-0.2, 0) is 32.3 Å². The van der Waals surface area contributed by atoms with E-state index in [-0.39, 0.29) is 18.6 Å². The van der Waals surface area contributed by atoms with E-state index in [4.69, 9.17) is 9.47 Å². The topological polar surface area (TPSA) is 106 Å². The summed E-state index contributed by atoms with van der Waals surface area (Å²) in [6.45, 7) is 2.63. The zero-order chi connectivity index (χ0) is 30.5. The number of benzene rings is 3. The number of nitrogens with one attached hydrogen (secondary N) is 3. The Morgan fingerprint density at radius 1 is 0.977 bits per heavy atom. The van der Waals surface area contributed by atoms with Crippen LogP contribution in [0.4, 0.5) is 13.2 Å². The molecule has 0 unspecified atom stereocenters. The molecule has 0 aliphatic carbocycles. The van der Waals surface area contributed by atoms with Crippen LogP contribution in [0.25, 0.3) is 0 Å². The fourth-order valence-electron chi connectivity index (χ4n) is 5.32. The Kier molecular flexibility index (Phi) is 9.70. The highest BCUT2D eigenvalue weighted by atomic mass is 32.2. The molecule has 230 valence electrons. The molecule has 3 aromatic carbocycles. The van der Waals surface area contributed by atoms with Crippen LogP contribution >= 0.6 is 0 Å². The normalized spacial score (nSPS) is 19.3. The predicted molar refractivity (Wildman–Crippen MR) is 154 cm³/mol. The number of carbonyl (C=O) groups excluding carboxylic acids is 1. The van der Waals surface area contributed by atoms with Gasteiger partial charge in [-0.15, -0.1) is 0 Å². The predicted octanol–water partition coefficient (Wildman–Crippen LogP) is 5.02. The molecule has 1 saturated heterocycles. The molecule has 3 N–H and O–H groups in total. The van der Waals surface area contributed by atoms with Crippen LogP contribution in [0.2, 0.25) is 0 Å². The van der Waals surface area contributed by atoms with E-state index in [2.05, 4.69) is 15.4 Å². The molecule has 3 aromatic rings. The van der Waals surface area contributed by atoms with Gasteiger partial charge in [-0.1, -0.05) is 48.5 Å². The average Bonchev–Trinajstić information content (AvgIpc) is 3.50. The van der Waals surface area contributed by atoms with E-state index in [1.54, 1.807) is 30.3 Å². The molecule has 3 atom stereocenters. The van der Waals surface area contributed by atoms with Gasteiger partial charge in [0.25, 0.3) is 0 Å². The molecular weight excluding hydrogens is 583 g/mol. The first-order valence-corrected chi connectivity index (χ1v) is 15.7. The summed E-state index contributed by atoms with van der Waals surface area (Å²) in [7, 11) is -4.40. The highest BCUT2D eigenvalue weighted by Gasteiger charge is 2.33. The van der Waals surface area contributed by atoms with Gasteiger partial charge in [-0.25, -0.2) is 13.1 Å². The second-order valence-electron chi connectivity index (χ2n) is 10.7. The van der Waals surface area contributed by atoms with Gasteiger partial charge in [0.05, 0.1) is 35.3 Å². The molecule has 0 spiro atoms. The standard InChI is InChI=1S/C31H34F3N3O5S/c32-31(33,34)23-8-4-10-25(17-23)43(39,40)37-28(22-6-2-1-3-7-22)18-30(38)36-27-13-15-42-29-16-21(11-12-26(27)29)19-35-20-24-9-5-14-41-24/h1-4,6-8,10-12,16-17,24,27-28,35,37H,5,9,13-15,18-20H2,(H,36,38)/t24-,27+,28+/m0/s1. The maximum absolute atomic E-state index is 13.3. The third-order valence-corrected chi connectivity index (χ3v) is 9.01. The zero-order valence-electron chi connectivity index (χ0n) is 23.4. The number of alkyl halides is 3. The van der Waals surface area contributed by atoms with E-state index in [1.807, 2.05) is 18.2 Å². The van der Waals surface area contributed by atoms with E-state index in [0.29, 0.717) is 37.0 Å². The largest absolute Gasteiger partial charge is 0.493 e. The highest BCUT2D eigenvalue weighted by molar-refractivity contribution is 7.89. The Morgan fingerprint density at radius 3 is 2.53 bits per heavy atom. The number of sulfonamides is 1. The first kappa shape index (κ1) is 31.0. The zero-order valence-corrected chi connectivity index (χ0v) is 24.2. The Labute approximate surface area is 249 Å². The molecule has 0 aromatic heterocycles. The fraction of sp³-hybridized carbons (Fsp3) is 0.387. The summed E-state index contributed by atoms with van der Waals surface area (Å²) in [4.78, 5) is 12.8. The van der Waals surface area contributed by atoms with E-state index >= 15 is 0 Å². The van der Waals surface area contributed by atoms with Crippen LogP contribution in [0.15, 0.2) is 77.7 Å². The van der Waals surface area contributed by atoms with Crippen molar-refractivity contribution >= 4 is 15.9 Å². The molecule has 8 nitrogen and oxygen atoms in total. The second kappa shape index (κ2) is 13.5. The van der Waals surface area contributed by atoms with Crippen LogP contribution in [0.3, 0.4) is 0 Å². The Morgan fingerprint density at radius 2 is 1.79 bits per heavy atom. The van der Waals surface area contributed by atoms with E-state index < -0.39 is 38.6 Å². The molecule has 43 heavy (non-hydrogen) atoms. The van der Waals surface area contributed by atoms with Crippen molar-refractivity contribution in [2.24, 2.45) is 0 Å². The summed E-state index contributed by atoms with van der Waals surface area (Å²) in [5.41, 5.74) is 1.28. The Balaban J connectivity index is 1.26. The molecule has 2 aliphatic rings. The van der Waals surface area contributed by atoms with Crippen molar-refractivity contribution in [1.82, 2.24) is 15.4 Å². The number of amides is 1. The van der Waals surface area contributed by atoms with Crippen LogP contribution in [-0.4, -0.2) is 40.2 Å². The van der Waals surface area contributed by atoms with Crippen molar-refractivity contribution in [3.63, 3.8) is 0 Å². The lowest BCUT2D eigenvalue weighted by Crippen LogP contribution is -2.36. The van der Waals surface area contributed by atoms with E-state index in [9.17, 15) is 26.4 Å². The van der Waals surface area contributed by atoms with Crippen molar-refractivity contribution in [2.45, 2.75) is 61.5 Å². The van der Waals surface area contributed by atoms with Gasteiger partial charge in [0.15, 0.2) is 0 Å². The molecular formula is C31H34F3N3O5S. The van der Waals surface area contributed by atoms with Crippen molar-refractivity contribution in [2.75, 3.05) is 19.8 Å². The van der Waals surface area contributed by atoms with Crippen LogP contribution < -0.4 is 20.1 Å². The van der Waals surface area contributed by atoms with Crippen LogP contribution in [0, 0.1) is 0 Å². The molecule has 0 radical (unpaired) electrons. The van der Waals surface area contributed by atoms with Gasteiger partial charge in [-0.05, 0) is 48.2 Å². The summed E-state index contributed by atoms with van der Waals surface area (Å²) in [5, 5.41) is 6.40. The average molecular weight is 618 g/mol. The van der Waals surface area contributed by atoms with Crippen molar-refractivity contribution in [3.05, 3.63) is 95.1 Å². The van der Waals surface area contributed by atoms with Gasteiger partial charge in [-0.3, -0.25) is 4.79 Å². The minimum absolute atomic E-state index is 0.239. The lowest BCUT2D eigenvalue weighted by molar-refractivity contribution is -0.137. The lowest BCUT2D eigenvalue weighted by atomic mass is 9.98. The quantitative estimate of drug-likeness (QED) is 0.279. The first-order chi connectivity index (χ1) is 20.6. The minimum Gasteiger partial charge on any atom is -0.493 e. The van der Waals surface area contributed by atoms with Crippen molar-refractivity contribution < 1.29 is 35.9 Å². The molecule has 0 saturated carbocycles. The third kappa shape index (κ3) is 8.14. The number of ether oxygens (including phenoxy) is 2. The molecule has 1 fully saturated rings. The molecule has 2 aliphatic heterocycles. The molecule has 0 bridgehead atoms. The molecule has 12 heteroatoms. The fourth-order valence-corrected chi connectivity index (χ4v) is 6.59. The second-order valence-corrected chi connectivity index (χ2v) is 12.4. The third-order valence-electron chi connectivity index (χ3n) is 7.54. The maximum atomic E-state index is 13.3. The summed E-state index contributed by atoms with van der Waals surface area (Å²) in [6.07, 6.45) is -2.06. The lowest BCUT2D eigenvalue weighted by Gasteiger charge is -2.28. The number of hydrogen-bond acceptors (Lipinski definition) is 6. The van der Waals surface area contributed by atoms with Crippen molar-refractivity contribution in [3.8, 4) is 5.75 Å². The number of hydrogen-bond donors (Lipinski definition) is 3.